The fourth-order valence-electron chi connectivity index (χ4n) is 4.88. The number of hydrogen-bond donors (Lipinski definition) is 1. The first-order valence-electron chi connectivity index (χ1n) is 13.3. The van der Waals surface area contributed by atoms with E-state index in [4.69, 9.17) is 23.2 Å². The second kappa shape index (κ2) is 14.7. The van der Waals surface area contributed by atoms with E-state index in [9.17, 15) is 14.0 Å². The van der Waals surface area contributed by atoms with Crippen molar-refractivity contribution in [3.63, 3.8) is 0 Å². The van der Waals surface area contributed by atoms with Crippen molar-refractivity contribution >= 4 is 46.8 Å². The van der Waals surface area contributed by atoms with Crippen LogP contribution in [0.25, 0.3) is 0 Å². The summed E-state index contributed by atoms with van der Waals surface area (Å²) in [6.45, 7) is 0.197. The van der Waals surface area contributed by atoms with Gasteiger partial charge in [-0.25, -0.2) is 4.39 Å². The Morgan fingerprint density at radius 2 is 1.56 bits per heavy atom. The molecule has 1 N–H and O–H groups in total. The van der Waals surface area contributed by atoms with Crippen LogP contribution in [0.3, 0.4) is 0 Å². The van der Waals surface area contributed by atoms with Gasteiger partial charge in [-0.1, -0.05) is 91.0 Å². The summed E-state index contributed by atoms with van der Waals surface area (Å²) < 4.78 is 13.6. The predicted octanol–water partition coefficient (Wildman–Crippen LogP) is 7.45. The number of carbonyl (C=O) groups excluding carboxylic acids is 2. The van der Waals surface area contributed by atoms with Gasteiger partial charge in [-0.05, 0) is 53.8 Å². The molecule has 39 heavy (non-hydrogen) atoms. The molecule has 0 spiro atoms. The van der Waals surface area contributed by atoms with E-state index in [1.165, 1.54) is 30.3 Å². The van der Waals surface area contributed by atoms with Gasteiger partial charge in [0.15, 0.2) is 0 Å². The van der Waals surface area contributed by atoms with Gasteiger partial charge in [0.25, 0.3) is 0 Å². The molecule has 1 aliphatic rings. The molecule has 0 bridgehead atoms. The maximum atomic E-state index is 13.8. The smallest absolute Gasteiger partial charge is 0.243 e. The van der Waals surface area contributed by atoms with E-state index in [2.05, 4.69) is 5.32 Å². The molecular formula is C31H33Cl2FN2O2S. The third-order valence-electron chi connectivity index (χ3n) is 7.02. The van der Waals surface area contributed by atoms with Crippen molar-refractivity contribution in [1.29, 1.82) is 0 Å². The van der Waals surface area contributed by atoms with Crippen LogP contribution in [0, 0.1) is 5.82 Å². The van der Waals surface area contributed by atoms with Crippen molar-refractivity contribution in [1.82, 2.24) is 10.2 Å². The minimum Gasteiger partial charge on any atom is -0.352 e. The third-order valence-corrected chi connectivity index (χ3v) is 8.67. The van der Waals surface area contributed by atoms with Gasteiger partial charge in [-0.2, -0.15) is 0 Å². The molecule has 0 aliphatic heterocycles. The Bertz CT molecular complexity index is 1220. The first kappa shape index (κ1) is 29.4. The Labute approximate surface area is 244 Å². The Hall–Kier alpha value is -2.54. The van der Waals surface area contributed by atoms with E-state index in [1.54, 1.807) is 35.2 Å². The van der Waals surface area contributed by atoms with Gasteiger partial charge < -0.3 is 10.2 Å². The fourth-order valence-corrected chi connectivity index (χ4v) is 6.53. The number of carbonyl (C=O) groups is 2. The summed E-state index contributed by atoms with van der Waals surface area (Å²) in [5, 5.41) is 4.34. The lowest BCUT2D eigenvalue weighted by molar-refractivity contribution is -0.139. The highest BCUT2D eigenvalue weighted by atomic mass is 35.5. The zero-order chi connectivity index (χ0) is 27.6. The Morgan fingerprint density at radius 1 is 0.897 bits per heavy atom. The first-order valence-corrected chi connectivity index (χ1v) is 15.2. The Kier molecular flexibility index (Phi) is 11.1. The molecule has 0 aromatic heterocycles. The highest BCUT2D eigenvalue weighted by molar-refractivity contribution is 7.99. The second-order valence-electron chi connectivity index (χ2n) is 9.89. The molecule has 4 nitrogen and oxygen atoms in total. The number of nitrogens with one attached hydrogen (secondary N) is 1. The quantitative estimate of drug-likeness (QED) is 0.254. The normalized spacial score (nSPS) is 14.5. The SMILES string of the molecule is O=C(NC1CCCCC1)C(Cc1ccccc1)N(Cc1ccc(F)cc1)C(=O)CSCc1c(Cl)cccc1Cl. The summed E-state index contributed by atoms with van der Waals surface area (Å²) in [4.78, 5) is 29.2. The fraction of sp³-hybridized carbons (Fsp3) is 0.355. The van der Waals surface area contributed by atoms with Crippen molar-refractivity contribution in [3.8, 4) is 0 Å². The zero-order valence-corrected chi connectivity index (χ0v) is 24.1. The van der Waals surface area contributed by atoms with Crippen molar-refractivity contribution in [2.45, 2.75) is 62.9 Å². The van der Waals surface area contributed by atoms with Crippen molar-refractivity contribution < 1.29 is 14.0 Å². The molecule has 3 aromatic rings. The molecule has 206 valence electrons. The Morgan fingerprint density at radius 3 is 2.23 bits per heavy atom. The maximum absolute atomic E-state index is 13.8. The van der Waals surface area contributed by atoms with Crippen LogP contribution in [0.5, 0.6) is 0 Å². The molecule has 4 rings (SSSR count). The molecule has 1 saturated carbocycles. The Balaban J connectivity index is 1.57. The highest BCUT2D eigenvalue weighted by Gasteiger charge is 2.32. The van der Waals surface area contributed by atoms with Crippen molar-refractivity contribution in [2.24, 2.45) is 0 Å². The molecule has 1 unspecified atom stereocenters. The van der Waals surface area contributed by atoms with Gasteiger partial charge in [0.1, 0.15) is 11.9 Å². The van der Waals surface area contributed by atoms with Gasteiger partial charge in [0.2, 0.25) is 11.8 Å². The van der Waals surface area contributed by atoms with E-state index < -0.39 is 6.04 Å². The molecular weight excluding hydrogens is 554 g/mol. The van der Waals surface area contributed by atoms with Gasteiger partial charge in [-0.15, -0.1) is 11.8 Å². The van der Waals surface area contributed by atoms with Crippen LogP contribution in [0.15, 0.2) is 72.8 Å². The van der Waals surface area contributed by atoms with E-state index in [-0.39, 0.29) is 36.0 Å². The number of amides is 2. The number of thioether (sulfide) groups is 1. The van der Waals surface area contributed by atoms with Crippen LogP contribution < -0.4 is 5.32 Å². The lowest BCUT2D eigenvalue weighted by atomic mass is 9.94. The molecule has 0 saturated heterocycles. The maximum Gasteiger partial charge on any atom is 0.243 e. The van der Waals surface area contributed by atoms with Crippen molar-refractivity contribution in [3.05, 3.63) is 105 Å². The molecule has 1 aliphatic carbocycles. The molecule has 3 aromatic carbocycles. The van der Waals surface area contributed by atoms with E-state index >= 15 is 0 Å². The molecule has 1 fully saturated rings. The minimum absolute atomic E-state index is 0.115. The average Bonchev–Trinajstić information content (AvgIpc) is 2.94. The molecule has 2 amide bonds. The van der Waals surface area contributed by atoms with Crippen molar-refractivity contribution in [2.75, 3.05) is 5.75 Å². The topological polar surface area (TPSA) is 49.4 Å². The summed E-state index contributed by atoms with van der Waals surface area (Å²) in [5.74, 6) is -0.0657. The van der Waals surface area contributed by atoms with Crippen LogP contribution in [-0.4, -0.2) is 34.6 Å². The molecule has 0 radical (unpaired) electrons. The number of rotatable bonds is 11. The zero-order valence-electron chi connectivity index (χ0n) is 21.8. The van der Waals surface area contributed by atoms with Gasteiger partial charge in [0.05, 0.1) is 5.75 Å². The molecule has 1 atom stereocenters. The second-order valence-corrected chi connectivity index (χ2v) is 11.7. The molecule has 8 heteroatoms. The lowest BCUT2D eigenvalue weighted by Gasteiger charge is -2.33. The monoisotopic (exact) mass is 586 g/mol. The summed E-state index contributed by atoms with van der Waals surface area (Å²) in [5.41, 5.74) is 2.50. The highest BCUT2D eigenvalue weighted by Crippen LogP contribution is 2.29. The van der Waals surface area contributed by atoms with Gasteiger partial charge in [-0.3, -0.25) is 9.59 Å². The average molecular weight is 588 g/mol. The summed E-state index contributed by atoms with van der Waals surface area (Å²) in [6.07, 6.45) is 5.64. The van der Waals surface area contributed by atoms with Crippen LogP contribution in [0.4, 0.5) is 4.39 Å². The largest absolute Gasteiger partial charge is 0.352 e. The summed E-state index contributed by atoms with van der Waals surface area (Å²) >= 11 is 14.1. The number of hydrogen-bond acceptors (Lipinski definition) is 3. The van der Waals surface area contributed by atoms with Crippen LogP contribution >= 0.6 is 35.0 Å². The first-order chi connectivity index (χ1) is 18.9. The van der Waals surface area contributed by atoms with Crippen LogP contribution in [-0.2, 0) is 28.3 Å². The predicted molar refractivity (Wildman–Crippen MR) is 159 cm³/mol. The number of benzene rings is 3. The van der Waals surface area contributed by atoms with E-state index in [0.29, 0.717) is 22.2 Å². The third kappa shape index (κ3) is 8.72. The van der Waals surface area contributed by atoms with Gasteiger partial charge in [0, 0.05) is 34.8 Å². The standard InChI is InChI=1S/C31H33Cl2FN2O2S/c32-27-12-7-13-28(33)26(27)20-39-21-30(37)36(19-23-14-16-24(34)17-15-23)29(18-22-8-3-1-4-9-22)31(38)35-25-10-5-2-6-11-25/h1,3-4,7-9,12-17,25,29H,2,5-6,10-11,18-21H2,(H,35,38). The van der Waals surface area contributed by atoms with E-state index in [1.807, 2.05) is 30.3 Å². The summed E-state index contributed by atoms with van der Waals surface area (Å²) in [6, 6.07) is 20.5. The number of halogens is 3. The molecule has 0 heterocycles. The minimum atomic E-state index is -0.712. The van der Waals surface area contributed by atoms with Gasteiger partial charge >= 0.3 is 0 Å². The number of nitrogens with zero attached hydrogens (tertiary/aromatic N) is 1. The van der Waals surface area contributed by atoms with E-state index in [0.717, 1.165) is 42.4 Å². The lowest BCUT2D eigenvalue weighted by Crippen LogP contribution is -2.53. The summed E-state index contributed by atoms with van der Waals surface area (Å²) in [7, 11) is 0. The van der Waals surface area contributed by atoms with Crippen LogP contribution in [0.2, 0.25) is 10.0 Å². The van der Waals surface area contributed by atoms with Crippen LogP contribution in [0.1, 0.15) is 48.8 Å².